The van der Waals surface area contributed by atoms with Gasteiger partial charge in [-0.1, -0.05) is 0 Å². The number of halogens is 3. The largest absolute Gasteiger partial charge is 0.354 e. The molecule has 3 N–H and O–H groups in total. The number of hydrazine groups is 1. The van der Waals surface area contributed by atoms with E-state index in [1.165, 1.54) is 11.0 Å². The van der Waals surface area contributed by atoms with E-state index in [4.69, 9.17) is 5.84 Å². The van der Waals surface area contributed by atoms with Gasteiger partial charge < -0.3 is 4.90 Å². The average molecular weight is 274 g/mol. The molecule has 2 rings (SSSR count). The normalized spacial score (nSPS) is 18.2. The number of alkyl halides is 2. The zero-order chi connectivity index (χ0) is 14.0. The SMILES string of the molecule is NNC(=O)c1ccc(F)c(N2CCC(F)(F)CC2)n1. The van der Waals surface area contributed by atoms with Crippen LogP contribution >= 0.6 is 0 Å². The fraction of sp³-hybridized carbons (Fsp3) is 0.455. The van der Waals surface area contributed by atoms with Crippen LogP contribution in [0.1, 0.15) is 23.3 Å². The van der Waals surface area contributed by atoms with Crippen LogP contribution in [0.5, 0.6) is 0 Å². The van der Waals surface area contributed by atoms with Crippen LogP contribution in [-0.2, 0) is 0 Å². The molecule has 8 heteroatoms. The molecule has 0 atom stereocenters. The van der Waals surface area contributed by atoms with Crippen LogP contribution in [0.3, 0.4) is 0 Å². The lowest BCUT2D eigenvalue weighted by Gasteiger charge is -2.32. The molecule has 1 aliphatic heterocycles. The maximum atomic E-state index is 13.7. The van der Waals surface area contributed by atoms with E-state index in [2.05, 4.69) is 4.98 Å². The Morgan fingerprint density at radius 3 is 2.58 bits per heavy atom. The summed E-state index contributed by atoms with van der Waals surface area (Å²) in [6, 6.07) is 2.25. The average Bonchev–Trinajstić information content (AvgIpc) is 2.39. The molecule has 0 unspecified atom stereocenters. The van der Waals surface area contributed by atoms with Gasteiger partial charge in [-0.05, 0) is 12.1 Å². The minimum Gasteiger partial charge on any atom is -0.354 e. The summed E-state index contributed by atoms with van der Waals surface area (Å²) in [4.78, 5) is 16.5. The van der Waals surface area contributed by atoms with Crippen LogP contribution in [0.2, 0.25) is 0 Å². The van der Waals surface area contributed by atoms with Gasteiger partial charge >= 0.3 is 0 Å². The number of piperidine rings is 1. The first kappa shape index (κ1) is 13.6. The topological polar surface area (TPSA) is 71.2 Å². The van der Waals surface area contributed by atoms with Gasteiger partial charge in [0.25, 0.3) is 11.8 Å². The summed E-state index contributed by atoms with van der Waals surface area (Å²) < 4.78 is 39.7. The van der Waals surface area contributed by atoms with Crippen LogP contribution in [0.25, 0.3) is 0 Å². The van der Waals surface area contributed by atoms with Crippen molar-refractivity contribution >= 4 is 11.7 Å². The third-order valence-corrected chi connectivity index (χ3v) is 2.99. The summed E-state index contributed by atoms with van der Waals surface area (Å²) in [5, 5.41) is 0. The van der Waals surface area contributed by atoms with E-state index in [-0.39, 0.29) is 37.4 Å². The second-order valence-electron chi connectivity index (χ2n) is 4.32. The standard InChI is InChI=1S/C11H13F3N4O/c12-7-1-2-8(10(19)17-15)16-9(7)18-5-3-11(13,14)4-6-18/h1-2H,3-6,15H2,(H,17,19). The summed E-state index contributed by atoms with van der Waals surface area (Å²) in [7, 11) is 0. The maximum absolute atomic E-state index is 13.7. The first-order chi connectivity index (χ1) is 8.93. The lowest BCUT2D eigenvalue weighted by atomic mass is 10.1. The molecule has 5 nitrogen and oxygen atoms in total. The monoisotopic (exact) mass is 274 g/mol. The van der Waals surface area contributed by atoms with E-state index in [0.717, 1.165) is 6.07 Å². The zero-order valence-electron chi connectivity index (χ0n) is 10.00. The smallest absolute Gasteiger partial charge is 0.283 e. The van der Waals surface area contributed by atoms with Crippen molar-refractivity contribution in [2.45, 2.75) is 18.8 Å². The number of nitrogens with zero attached hydrogens (tertiary/aromatic N) is 2. The minimum absolute atomic E-state index is 0.00931. The molecule has 0 spiro atoms. The number of nitrogen functional groups attached to an aromatic ring is 1. The number of hydrogen-bond donors (Lipinski definition) is 2. The Balaban J connectivity index is 2.22. The summed E-state index contributed by atoms with van der Waals surface area (Å²) >= 11 is 0. The van der Waals surface area contributed by atoms with E-state index < -0.39 is 17.6 Å². The predicted octanol–water partition coefficient (Wildman–Crippen LogP) is 1.06. The number of aromatic nitrogens is 1. The fourth-order valence-corrected chi connectivity index (χ4v) is 1.90. The molecule has 0 radical (unpaired) electrons. The van der Waals surface area contributed by atoms with Crippen molar-refractivity contribution in [2.75, 3.05) is 18.0 Å². The van der Waals surface area contributed by atoms with Gasteiger partial charge in [-0.25, -0.2) is 24.0 Å². The minimum atomic E-state index is -2.72. The number of amides is 1. The van der Waals surface area contributed by atoms with Gasteiger partial charge in [0.1, 0.15) is 5.69 Å². The number of anilines is 1. The highest BCUT2D eigenvalue weighted by atomic mass is 19.3. The van der Waals surface area contributed by atoms with E-state index in [9.17, 15) is 18.0 Å². The van der Waals surface area contributed by atoms with E-state index >= 15 is 0 Å². The first-order valence-electron chi connectivity index (χ1n) is 5.73. The van der Waals surface area contributed by atoms with E-state index in [1.54, 1.807) is 0 Å². The van der Waals surface area contributed by atoms with Gasteiger partial charge in [0, 0.05) is 25.9 Å². The van der Waals surface area contributed by atoms with Gasteiger partial charge in [-0.3, -0.25) is 10.2 Å². The molecule has 1 aromatic rings. The lowest BCUT2D eigenvalue weighted by Crippen LogP contribution is -2.40. The molecule has 1 aliphatic rings. The molecule has 0 bridgehead atoms. The number of rotatable bonds is 2. The second kappa shape index (κ2) is 5.04. The number of carbonyl (C=O) groups is 1. The Hall–Kier alpha value is -1.83. The molecule has 104 valence electrons. The molecule has 19 heavy (non-hydrogen) atoms. The van der Waals surface area contributed by atoms with Crippen molar-refractivity contribution in [1.29, 1.82) is 0 Å². The fourth-order valence-electron chi connectivity index (χ4n) is 1.90. The second-order valence-corrected chi connectivity index (χ2v) is 4.32. The van der Waals surface area contributed by atoms with Crippen molar-refractivity contribution in [3.05, 3.63) is 23.6 Å². The number of pyridine rings is 1. The lowest BCUT2D eigenvalue weighted by molar-refractivity contribution is -0.0222. The number of nitrogens with two attached hydrogens (primary N) is 1. The van der Waals surface area contributed by atoms with Gasteiger partial charge in [-0.2, -0.15) is 0 Å². The third kappa shape index (κ3) is 2.95. The summed E-state index contributed by atoms with van der Waals surface area (Å²) in [5.74, 6) is 0.820. The van der Waals surface area contributed by atoms with Crippen molar-refractivity contribution in [1.82, 2.24) is 10.4 Å². The molecular weight excluding hydrogens is 261 g/mol. The zero-order valence-corrected chi connectivity index (χ0v) is 10.00. The Morgan fingerprint density at radius 1 is 1.37 bits per heavy atom. The maximum Gasteiger partial charge on any atom is 0.283 e. The number of hydrogen-bond acceptors (Lipinski definition) is 4. The Labute approximate surface area is 107 Å². The van der Waals surface area contributed by atoms with Gasteiger partial charge in [0.05, 0.1) is 0 Å². The molecule has 0 saturated carbocycles. The molecule has 0 aromatic carbocycles. The Bertz CT molecular complexity index is 485. The molecule has 1 aromatic heterocycles. The van der Waals surface area contributed by atoms with Crippen LogP contribution < -0.4 is 16.2 Å². The van der Waals surface area contributed by atoms with Crippen LogP contribution in [0, 0.1) is 5.82 Å². The highest BCUT2D eigenvalue weighted by Gasteiger charge is 2.35. The highest BCUT2D eigenvalue weighted by molar-refractivity contribution is 5.92. The number of nitrogens with one attached hydrogen (secondary N) is 1. The van der Waals surface area contributed by atoms with E-state index in [1.807, 2.05) is 5.43 Å². The summed E-state index contributed by atoms with van der Waals surface area (Å²) in [5.41, 5.74) is 1.82. The van der Waals surface area contributed by atoms with Crippen LogP contribution in [0.4, 0.5) is 19.0 Å². The Morgan fingerprint density at radius 2 is 2.00 bits per heavy atom. The van der Waals surface area contributed by atoms with Crippen molar-refractivity contribution < 1.29 is 18.0 Å². The number of carbonyl (C=O) groups excluding carboxylic acids is 1. The summed E-state index contributed by atoms with van der Waals surface area (Å²) in [6.07, 6.45) is -0.719. The van der Waals surface area contributed by atoms with Crippen molar-refractivity contribution in [3.63, 3.8) is 0 Å². The Kier molecular flexibility index (Phi) is 3.61. The van der Waals surface area contributed by atoms with Gasteiger partial charge in [0.2, 0.25) is 0 Å². The molecular formula is C11H13F3N4O. The van der Waals surface area contributed by atoms with Crippen LogP contribution in [0.15, 0.2) is 12.1 Å². The molecule has 2 heterocycles. The predicted molar refractivity (Wildman–Crippen MR) is 62.2 cm³/mol. The molecule has 0 aliphatic carbocycles. The van der Waals surface area contributed by atoms with Gasteiger partial charge in [-0.15, -0.1) is 0 Å². The van der Waals surface area contributed by atoms with Crippen molar-refractivity contribution in [3.8, 4) is 0 Å². The quantitative estimate of drug-likeness (QED) is 0.480. The van der Waals surface area contributed by atoms with E-state index in [0.29, 0.717) is 0 Å². The molecule has 1 amide bonds. The van der Waals surface area contributed by atoms with Crippen molar-refractivity contribution in [2.24, 2.45) is 5.84 Å². The third-order valence-electron chi connectivity index (χ3n) is 2.99. The van der Waals surface area contributed by atoms with Gasteiger partial charge in [0.15, 0.2) is 11.6 Å². The summed E-state index contributed by atoms with van der Waals surface area (Å²) in [6.45, 7) is -0.0186. The first-order valence-corrected chi connectivity index (χ1v) is 5.73. The highest BCUT2D eigenvalue weighted by Crippen LogP contribution is 2.30. The molecule has 1 saturated heterocycles. The molecule has 1 fully saturated rings. The van der Waals surface area contributed by atoms with Crippen LogP contribution in [-0.4, -0.2) is 29.9 Å².